The minimum absolute atomic E-state index is 0.0765. The van der Waals surface area contributed by atoms with E-state index >= 15 is 0 Å². The molecule has 2 aromatic rings. The predicted molar refractivity (Wildman–Crippen MR) is 116 cm³/mol. The number of fused-ring (bicyclic) bond motifs is 1. The Kier molecular flexibility index (Phi) is 6.50. The predicted octanol–water partition coefficient (Wildman–Crippen LogP) is 5.75. The molecule has 5 nitrogen and oxygen atoms in total. The second-order valence-corrected chi connectivity index (χ2v) is 8.00. The number of rotatable bonds is 6. The molecule has 30 heavy (non-hydrogen) atoms. The molecule has 3 N–H and O–H groups in total. The number of hydrogen-bond acceptors (Lipinski definition) is 5. The lowest BCUT2D eigenvalue weighted by Gasteiger charge is -2.27. The summed E-state index contributed by atoms with van der Waals surface area (Å²) in [5, 5.41) is 30.6. The van der Waals surface area contributed by atoms with Crippen LogP contribution in [-0.4, -0.2) is 21.1 Å². The Labute approximate surface area is 177 Å². The lowest BCUT2D eigenvalue weighted by atomic mass is 9.92. The first-order chi connectivity index (χ1) is 14.3. The molecule has 1 heterocycles. The van der Waals surface area contributed by atoms with Crippen LogP contribution in [0, 0.1) is 0 Å². The van der Waals surface area contributed by atoms with Crippen molar-refractivity contribution in [2.45, 2.75) is 52.6 Å². The van der Waals surface area contributed by atoms with Crippen molar-refractivity contribution >= 4 is 5.78 Å². The van der Waals surface area contributed by atoms with Crippen LogP contribution in [0.5, 0.6) is 23.0 Å². The molecule has 3 rings (SSSR count). The van der Waals surface area contributed by atoms with Gasteiger partial charge in [-0.25, -0.2) is 0 Å². The third-order valence-corrected chi connectivity index (χ3v) is 5.28. The van der Waals surface area contributed by atoms with Crippen LogP contribution in [0.15, 0.2) is 53.6 Å². The van der Waals surface area contributed by atoms with E-state index in [1.165, 1.54) is 23.8 Å². The van der Waals surface area contributed by atoms with Crippen molar-refractivity contribution in [1.82, 2.24) is 0 Å². The second-order valence-electron chi connectivity index (χ2n) is 8.00. The van der Waals surface area contributed by atoms with Gasteiger partial charge in [-0.2, -0.15) is 0 Å². The van der Waals surface area contributed by atoms with Gasteiger partial charge in [-0.3, -0.25) is 4.79 Å². The van der Waals surface area contributed by atoms with E-state index in [9.17, 15) is 20.1 Å². The summed E-state index contributed by atoms with van der Waals surface area (Å²) in [6, 6.07) is 7.84. The highest BCUT2D eigenvalue weighted by atomic mass is 16.5. The molecule has 158 valence electrons. The molecule has 0 saturated heterocycles. The Hall–Kier alpha value is -3.21. The van der Waals surface area contributed by atoms with Crippen molar-refractivity contribution in [3.63, 3.8) is 0 Å². The molecule has 1 atom stereocenters. The first kappa shape index (κ1) is 21.5. The molecule has 0 radical (unpaired) electrons. The zero-order chi connectivity index (χ0) is 21.8. The number of carbonyl (C=O) groups excluding carboxylic acids is 1. The van der Waals surface area contributed by atoms with Gasteiger partial charge in [0.25, 0.3) is 0 Å². The molecule has 0 aromatic heterocycles. The van der Waals surface area contributed by atoms with Crippen molar-refractivity contribution < 1.29 is 24.9 Å². The fourth-order valence-corrected chi connectivity index (χ4v) is 3.54. The van der Waals surface area contributed by atoms with Crippen molar-refractivity contribution in [3.05, 3.63) is 70.3 Å². The second kappa shape index (κ2) is 9.08. The number of phenolic OH excluding ortho intramolecular Hbond substituents is 3. The molecule has 0 bridgehead atoms. The van der Waals surface area contributed by atoms with Gasteiger partial charge in [0, 0.05) is 11.6 Å². The standard InChI is InChI=1S/C25H28O5/c1-15(2)5-4-6-16(3)7-12-19-20(27)13-23-24(25(19)29)21(28)14-22(30-23)17-8-10-18(26)11-9-17/h5,7-11,13,22,26-27,29H,4,6,12,14H2,1-3H3/b16-7+. The maximum atomic E-state index is 12.8. The summed E-state index contributed by atoms with van der Waals surface area (Å²) in [4.78, 5) is 12.8. The Morgan fingerprint density at radius 1 is 1.10 bits per heavy atom. The summed E-state index contributed by atoms with van der Waals surface area (Å²) in [5.41, 5.74) is 3.62. The number of aromatic hydroxyl groups is 3. The molecule has 0 spiro atoms. The normalized spacial score (nSPS) is 16.0. The smallest absolute Gasteiger partial charge is 0.174 e. The first-order valence-corrected chi connectivity index (χ1v) is 10.1. The van der Waals surface area contributed by atoms with Crippen molar-refractivity contribution in [1.29, 1.82) is 0 Å². The number of Topliss-reactive ketones (excluding diaryl/α,β-unsaturated/α-hetero) is 1. The van der Waals surface area contributed by atoms with E-state index in [1.807, 2.05) is 13.0 Å². The fraction of sp³-hybridized carbons (Fsp3) is 0.320. The van der Waals surface area contributed by atoms with E-state index in [0.29, 0.717) is 12.0 Å². The van der Waals surface area contributed by atoms with Gasteiger partial charge in [0.05, 0.1) is 6.42 Å². The third kappa shape index (κ3) is 4.85. The van der Waals surface area contributed by atoms with E-state index in [4.69, 9.17) is 4.74 Å². The van der Waals surface area contributed by atoms with Crippen LogP contribution in [-0.2, 0) is 6.42 Å². The highest BCUT2D eigenvalue weighted by Crippen LogP contribution is 2.44. The topological polar surface area (TPSA) is 87.0 Å². The monoisotopic (exact) mass is 408 g/mol. The summed E-state index contributed by atoms with van der Waals surface area (Å²) in [6.07, 6.45) is 5.85. The van der Waals surface area contributed by atoms with Crippen molar-refractivity contribution in [2.24, 2.45) is 0 Å². The molecule has 0 amide bonds. The van der Waals surface area contributed by atoms with Crippen LogP contribution >= 0.6 is 0 Å². The van der Waals surface area contributed by atoms with Crippen LogP contribution in [0.4, 0.5) is 0 Å². The number of carbonyl (C=O) groups is 1. The molecular weight excluding hydrogens is 380 g/mol. The Morgan fingerprint density at radius 3 is 2.47 bits per heavy atom. The fourth-order valence-electron chi connectivity index (χ4n) is 3.54. The largest absolute Gasteiger partial charge is 0.508 e. The minimum atomic E-state index is -0.535. The maximum Gasteiger partial charge on any atom is 0.174 e. The minimum Gasteiger partial charge on any atom is -0.508 e. The van der Waals surface area contributed by atoms with Crippen LogP contribution in [0.3, 0.4) is 0 Å². The number of benzene rings is 2. The first-order valence-electron chi connectivity index (χ1n) is 10.1. The molecule has 5 heteroatoms. The van der Waals surface area contributed by atoms with E-state index in [2.05, 4.69) is 19.9 Å². The zero-order valence-electron chi connectivity index (χ0n) is 17.6. The number of allylic oxidation sites excluding steroid dienone is 4. The van der Waals surface area contributed by atoms with Crippen LogP contribution in [0.1, 0.15) is 67.6 Å². The highest BCUT2D eigenvalue weighted by molar-refractivity contribution is 6.03. The summed E-state index contributed by atoms with van der Waals surface area (Å²) >= 11 is 0. The quantitative estimate of drug-likeness (QED) is 0.530. The Morgan fingerprint density at radius 2 is 1.80 bits per heavy atom. The molecule has 2 aromatic carbocycles. The summed E-state index contributed by atoms with van der Waals surface area (Å²) in [5.74, 6) is -0.249. The maximum absolute atomic E-state index is 12.8. The van der Waals surface area contributed by atoms with Crippen molar-refractivity contribution in [3.8, 4) is 23.0 Å². The van der Waals surface area contributed by atoms with E-state index < -0.39 is 6.10 Å². The molecular formula is C25H28O5. The Bertz CT molecular complexity index is 995. The van der Waals surface area contributed by atoms with Gasteiger partial charge >= 0.3 is 0 Å². The number of ether oxygens (including phenoxy) is 1. The number of phenols is 3. The van der Waals surface area contributed by atoms with Gasteiger partial charge in [0.2, 0.25) is 0 Å². The van der Waals surface area contributed by atoms with Crippen LogP contribution < -0.4 is 4.74 Å². The van der Waals surface area contributed by atoms with Crippen molar-refractivity contribution in [2.75, 3.05) is 0 Å². The SMILES string of the molecule is CC(C)=CCC/C(C)=C/Cc1c(O)cc2c(c1O)C(=O)CC(c1ccc(O)cc1)O2. The van der Waals surface area contributed by atoms with Gasteiger partial charge in [0.1, 0.15) is 34.7 Å². The zero-order valence-corrected chi connectivity index (χ0v) is 17.6. The summed E-state index contributed by atoms with van der Waals surface area (Å²) < 4.78 is 5.90. The Balaban J connectivity index is 1.82. The van der Waals surface area contributed by atoms with Gasteiger partial charge < -0.3 is 20.1 Å². The van der Waals surface area contributed by atoms with E-state index in [-0.39, 0.29) is 40.8 Å². The van der Waals surface area contributed by atoms with Gasteiger partial charge in [0.15, 0.2) is 5.78 Å². The summed E-state index contributed by atoms with van der Waals surface area (Å²) in [6.45, 7) is 6.14. The van der Waals surface area contributed by atoms with E-state index in [0.717, 1.165) is 24.0 Å². The molecule has 0 aliphatic carbocycles. The molecule has 1 unspecified atom stereocenters. The molecule has 1 aliphatic rings. The summed E-state index contributed by atoms with van der Waals surface area (Å²) in [7, 11) is 0. The number of ketones is 1. The van der Waals surface area contributed by atoms with Crippen LogP contribution in [0.25, 0.3) is 0 Å². The molecule has 0 saturated carbocycles. The average Bonchev–Trinajstić information content (AvgIpc) is 2.67. The molecule has 1 aliphatic heterocycles. The van der Waals surface area contributed by atoms with E-state index in [1.54, 1.807) is 12.1 Å². The lowest BCUT2D eigenvalue weighted by Crippen LogP contribution is -2.20. The van der Waals surface area contributed by atoms with Gasteiger partial charge in [-0.05, 0) is 57.7 Å². The number of hydrogen-bond donors (Lipinski definition) is 3. The highest BCUT2D eigenvalue weighted by Gasteiger charge is 2.32. The van der Waals surface area contributed by atoms with Crippen LogP contribution in [0.2, 0.25) is 0 Å². The van der Waals surface area contributed by atoms with Gasteiger partial charge in [-0.1, -0.05) is 35.4 Å². The van der Waals surface area contributed by atoms with Gasteiger partial charge in [-0.15, -0.1) is 0 Å². The average molecular weight is 408 g/mol. The molecule has 0 fully saturated rings. The third-order valence-electron chi connectivity index (χ3n) is 5.28. The lowest BCUT2D eigenvalue weighted by molar-refractivity contribution is 0.0844.